The second-order valence-corrected chi connectivity index (χ2v) is 5.52. The normalized spacial score (nSPS) is 43.7. The highest BCUT2D eigenvalue weighted by Crippen LogP contribution is 2.45. The maximum Gasteiger partial charge on any atom is 0.0805 e. The van der Waals surface area contributed by atoms with Crippen molar-refractivity contribution in [2.24, 2.45) is 11.8 Å². The second kappa shape index (κ2) is 3.82. The Morgan fingerprint density at radius 2 is 2.00 bits per heavy atom. The summed E-state index contributed by atoms with van der Waals surface area (Å²) in [4.78, 5) is 0. The van der Waals surface area contributed by atoms with Crippen LogP contribution in [0.3, 0.4) is 0 Å². The number of piperidine rings is 1. The monoisotopic (exact) mass is 197 g/mol. The average molecular weight is 197 g/mol. The molecule has 2 nitrogen and oxygen atoms in total. The summed E-state index contributed by atoms with van der Waals surface area (Å²) in [5, 5.41) is 13.9. The van der Waals surface area contributed by atoms with Gasteiger partial charge in [0.1, 0.15) is 0 Å². The zero-order chi connectivity index (χ0) is 10.2. The molecular weight excluding hydrogens is 174 g/mol. The van der Waals surface area contributed by atoms with Crippen LogP contribution < -0.4 is 5.32 Å². The molecule has 0 amide bonds. The summed E-state index contributed by atoms with van der Waals surface area (Å²) in [6.45, 7) is 5.62. The van der Waals surface area contributed by atoms with Gasteiger partial charge in [-0.25, -0.2) is 0 Å². The molecular formula is C12H23NO. The Balaban J connectivity index is 1.86. The van der Waals surface area contributed by atoms with Crippen LogP contribution in [0.1, 0.15) is 46.0 Å². The Morgan fingerprint density at radius 1 is 1.29 bits per heavy atom. The second-order valence-electron chi connectivity index (χ2n) is 5.52. The summed E-state index contributed by atoms with van der Waals surface area (Å²) < 4.78 is 0. The Morgan fingerprint density at radius 3 is 2.50 bits per heavy atom. The van der Waals surface area contributed by atoms with Crippen molar-refractivity contribution in [2.45, 2.75) is 57.6 Å². The molecule has 2 aliphatic rings. The number of nitrogens with one attached hydrogen (secondary N) is 1. The summed E-state index contributed by atoms with van der Waals surface area (Å²) >= 11 is 0. The lowest BCUT2D eigenvalue weighted by atomic mass is 9.62. The minimum Gasteiger partial charge on any atom is -0.388 e. The fourth-order valence-electron chi connectivity index (χ4n) is 2.91. The molecule has 14 heavy (non-hydrogen) atoms. The first kappa shape index (κ1) is 10.4. The fourth-order valence-corrected chi connectivity index (χ4v) is 2.91. The van der Waals surface area contributed by atoms with Crippen LogP contribution in [-0.4, -0.2) is 23.3 Å². The van der Waals surface area contributed by atoms with Crippen LogP contribution in [0.2, 0.25) is 0 Å². The molecule has 2 rings (SSSR count). The Labute approximate surface area is 87.1 Å². The quantitative estimate of drug-likeness (QED) is 0.709. The number of hydrogen-bond donors (Lipinski definition) is 2. The van der Waals surface area contributed by atoms with E-state index in [1.54, 1.807) is 0 Å². The van der Waals surface area contributed by atoms with E-state index in [0.29, 0.717) is 6.04 Å². The first-order valence-electron chi connectivity index (χ1n) is 6.07. The van der Waals surface area contributed by atoms with Crippen LogP contribution in [0.25, 0.3) is 0 Å². The molecule has 0 radical (unpaired) electrons. The van der Waals surface area contributed by atoms with E-state index >= 15 is 0 Å². The summed E-state index contributed by atoms with van der Waals surface area (Å²) in [7, 11) is 0. The molecule has 0 bridgehead atoms. The molecule has 2 heteroatoms. The van der Waals surface area contributed by atoms with Crippen molar-refractivity contribution < 1.29 is 5.11 Å². The van der Waals surface area contributed by atoms with Crippen molar-refractivity contribution >= 4 is 0 Å². The molecule has 0 aromatic heterocycles. The van der Waals surface area contributed by atoms with E-state index < -0.39 is 0 Å². The molecule has 1 unspecified atom stereocenters. The summed E-state index contributed by atoms with van der Waals surface area (Å²) in [6.07, 6.45) is 5.76. The summed E-state index contributed by atoms with van der Waals surface area (Å²) in [5.74, 6) is 1.49. The largest absolute Gasteiger partial charge is 0.388 e. The maximum atomic E-state index is 10.4. The Kier molecular flexibility index (Phi) is 2.85. The molecule has 1 atom stereocenters. The molecule has 2 fully saturated rings. The molecule has 82 valence electrons. The standard InChI is InChI=1S/C12H23NO/c1-9(2)10-7-12(14,8-10)11-5-3-4-6-13-11/h9-11,13-14H,3-8H2,1-2H3. The highest BCUT2D eigenvalue weighted by molar-refractivity contribution is 5.03. The van der Waals surface area contributed by atoms with Gasteiger partial charge >= 0.3 is 0 Å². The van der Waals surface area contributed by atoms with Gasteiger partial charge in [-0.05, 0) is 44.1 Å². The number of aliphatic hydroxyl groups is 1. The highest BCUT2D eigenvalue weighted by atomic mass is 16.3. The molecule has 1 aliphatic heterocycles. The van der Waals surface area contributed by atoms with E-state index in [0.717, 1.165) is 31.2 Å². The van der Waals surface area contributed by atoms with Crippen LogP contribution in [0.15, 0.2) is 0 Å². The van der Waals surface area contributed by atoms with Crippen LogP contribution >= 0.6 is 0 Å². The van der Waals surface area contributed by atoms with Crippen molar-refractivity contribution in [2.75, 3.05) is 6.54 Å². The third-order valence-corrected chi connectivity index (χ3v) is 4.13. The van der Waals surface area contributed by atoms with E-state index in [1.165, 1.54) is 19.3 Å². The number of rotatable bonds is 2. The van der Waals surface area contributed by atoms with Crippen molar-refractivity contribution in [1.29, 1.82) is 0 Å². The molecule has 0 spiro atoms. The highest BCUT2D eigenvalue weighted by Gasteiger charge is 2.48. The van der Waals surface area contributed by atoms with Crippen LogP contribution in [0.4, 0.5) is 0 Å². The summed E-state index contributed by atoms with van der Waals surface area (Å²) in [6, 6.07) is 0.381. The van der Waals surface area contributed by atoms with Gasteiger partial charge in [0.25, 0.3) is 0 Å². The van der Waals surface area contributed by atoms with Crippen LogP contribution in [-0.2, 0) is 0 Å². The Bertz CT molecular complexity index is 190. The van der Waals surface area contributed by atoms with Crippen molar-refractivity contribution in [3.05, 3.63) is 0 Å². The average Bonchev–Trinajstić information content (AvgIpc) is 2.14. The first-order valence-corrected chi connectivity index (χ1v) is 6.07. The third kappa shape index (κ3) is 1.82. The molecule has 0 aromatic carbocycles. The SMILES string of the molecule is CC(C)C1CC(O)(C2CCCCN2)C1. The minimum absolute atomic E-state index is 0.366. The smallest absolute Gasteiger partial charge is 0.0805 e. The van der Waals surface area contributed by atoms with Gasteiger partial charge in [-0.1, -0.05) is 20.3 Å². The van der Waals surface area contributed by atoms with E-state index in [2.05, 4.69) is 19.2 Å². The minimum atomic E-state index is -0.366. The summed E-state index contributed by atoms with van der Waals surface area (Å²) in [5.41, 5.74) is -0.366. The van der Waals surface area contributed by atoms with Gasteiger partial charge in [0.05, 0.1) is 5.60 Å². The van der Waals surface area contributed by atoms with Gasteiger partial charge in [-0.15, -0.1) is 0 Å². The molecule has 1 saturated heterocycles. The zero-order valence-corrected chi connectivity index (χ0v) is 9.42. The van der Waals surface area contributed by atoms with Gasteiger partial charge in [-0.2, -0.15) is 0 Å². The maximum absolute atomic E-state index is 10.4. The molecule has 1 aliphatic carbocycles. The lowest BCUT2D eigenvalue weighted by molar-refractivity contribution is -0.117. The third-order valence-electron chi connectivity index (χ3n) is 4.13. The molecule has 1 heterocycles. The lowest BCUT2D eigenvalue weighted by Gasteiger charge is -2.51. The van der Waals surface area contributed by atoms with Gasteiger partial charge in [0, 0.05) is 6.04 Å². The lowest BCUT2D eigenvalue weighted by Crippen LogP contribution is -2.60. The van der Waals surface area contributed by atoms with Crippen LogP contribution in [0, 0.1) is 11.8 Å². The van der Waals surface area contributed by atoms with Gasteiger partial charge in [0.15, 0.2) is 0 Å². The van der Waals surface area contributed by atoms with Crippen molar-refractivity contribution in [1.82, 2.24) is 5.32 Å². The van der Waals surface area contributed by atoms with E-state index in [4.69, 9.17) is 0 Å². The molecule has 0 aromatic rings. The van der Waals surface area contributed by atoms with Gasteiger partial charge in [-0.3, -0.25) is 0 Å². The predicted octanol–water partition coefficient (Wildman–Crippen LogP) is 1.93. The fraction of sp³-hybridized carbons (Fsp3) is 1.00. The topological polar surface area (TPSA) is 32.3 Å². The van der Waals surface area contributed by atoms with Gasteiger partial charge < -0.3 is 10.4 Å². The van der Waals surface area contributed by atoms with E-state index in [-0.39, 0.29) is 5.60 Å². The van der Waals surface area contributed by atoms with Crippen molar-refractivity contribution in [3.63, 3.8) is 0 Å². The number of hydrogen-bond acceptors (Lipinski definition) is 2. The Hall–Kier alpha value is -0.0800. The van der Waals surface area contributed by atoms with Crippen molar-refractivity contribution in [3.8, 4) is 0 Å². The van der Waals surface area contributed by atoms with E-state index in [1.807, 2.05) is 0 Å². The van der Waals surface area contributed by atoms with Gasteiger partial charge in [0.2, 0.25) is 0 Å². The molecule has 2 N–H and O–H groups in total. The first-order chi connectivity index (χ1) is 6.62. The van der Waals surface area contributed by atoms with E-state index in [9.17, 15) is 5.11 Å². The zero-order valence-electron chi connectivity index (χ0n) is 9.42. The molecule has 1 saturated carbocycles. The predicted molar refractivity (Wildman–Crippen MR) is 58.2 cm³/mol. The van der Waals surface area contributed by atoms with Crippen LogP contribution in [0.5, 0.6) is 0 Å².